The van der Waals surface area contributed by atoms with Crippen molar-refractivity contribution in [3.8, 4) is 0 Å². The SMILES string of the molecule is COCCOCCCOC(=O)Cc1sc(=S)[nH]c1C. The molecular formula is C12H19NO4S2. The van der Waals surface area contributed by atoms with Crippen molar-refractivity contribution >= 4 is 29.5 Å². The van der Waals surface area contributed by atoms with Gasteiger partial charge in [-0.25, -0.2) is 0 Å². The third-order valence-electron chi connectivity index (χ3n) is 2.36. The smallest absolute Gasteiger partial charge is 0.311 e. The summed E-state index contributed by atoms with van der Waals surface area (Å²) in [6, 6.07) is 0. The Morgan fingerprint density at radius 1 is 1.32 bits per heavy atom. The molecule has 1 rings (SSSR count). The Hall–Kier alpha value is -0.760. The van der Waals surface area contributed by atoms with E-state index in [1.807, 2.05) is 6.92 Å². The number of hydrogen-bond donors (Lipinski definition) is 1. The molecule has 19 heavy (non-hydrogen) atoms. The van der Waals surface area contributed by atoms with E-state index in [0.29, 0.717) is 36.8 Å². The zero-order valence-electron chi connectivity index (χ0n) is 11.2. The maximum atomic E-state index is 11.6. The minimum atomic E-state index is -0.231. The van der Waals surface area contributed by atoms with Gasteiger partial charge in [-0.3, -0.25) is 4.79 Å². The number of hydrogen-bond acceptors (Lipinski definition) is 6. The first-order valence-electron chi connectivity index (χ1n) is 6.04. The lowest BCUT2D eigenvalue weighted by molar-refractivity contribution is -0.143. The molecule has 0 unspecified atom stereocenters. The highest BCUT2D eigenvalue weighted by molar-refractivity contribution is 7.73. The second kappa shape index (κ2) is 9.19. The summed E-state index contributed by atoms with van der Waals surface area (Å²) in [6.45, 7) is 3.99. The lowest BCUT2D eigenvalue weighted by Crippen LogP contribution is -2.11. The summed E-state index contributed by atoms with van der Waals surface area (Å²) in [5.41, 5.74) is 0.940. The molecule has 0 fully saturated rings. The number of aromatic nitrogens is 1. The molecule has 0 aliphatic carbocycles. The Morgan fingerprint density at radius 2 is 2.11 bits per heavy atom. The lowest BCUT2D eigenvalue weighted by atomic mass is 10.3. The maximum absolute atomic E-state index is 11.6. The summed E-state index contributed by atoms with van der Waals surface area (Å²) in [6.07, 6.45) is 0.964. The van der Waals surface area contributed by atoms with Gasteiger partial charge in [0.15, 0.2) is 3.95 Å². The van der Waals surface area contributed by atoms with Crippen LogP contribution in [0.25, 0.3) is 0 Å². The number of methoxy groups -OCH3 is 1. The Kier molecular flexibility index (Phi) is 7.88. The molecular weight excluding hydrogens is 286 g/mol. The van der Waals surface area contributed by atoms with Gasteiger partial charge in [0, 0.05) is 30.7 Å². The Bertz CT molecular complexity index is 441. The zero-order valence-corrected chi connectivity index (χ0v) is 12.8. The number of ether oxygens (including phenoxy) is 3. The quantitative estimate of drug-likeness (QED) is 0.431. The largest absolute Gasteiger partial charge is 0.465 e. The first-order chi connectivity index (χ1) is 9.13. The Labute approximate surface area is 121 Å². The number of thiazole rings is 1. The van der Waals surface area contributed by atoms with E-state index in [4.69, 9.17) is 26.4 Å². The Balaban J connectivity index is 2.11. The fourth-order valence-electron chi connectivity index (χ4n) is 1.38. The van der Waals surface area contributed by atoms with Gasteiger partial charge in [0.25, 0.3) is 0 Å². The molecule has 0 aliphatic heterocycles. The molecule has 5 nitrogen and oxygen atoms in total. The maximum Gasteiger partial charge on any atom is 0.311 e. The van der Waals surface area contributed by atoms with Crippen LogP contribution in [0.4, 0.5) is 0 Å². The molecule has 108 valence electrons. The standard InChI is InChI=1S/C12H19NO4S2/c1-9-10(19-12(18)13-9)8-11(14)17-5-3-4-16-7-6-15-2/h3-8H2,1-2H3,(H,13,18). The first-order valence-corrected chi connectivity index (χ1v) is 7.27. The molecule has 0 aliphatic rings. The average Bonchev–Trinajstić information content (AvgIpc) is 2.66. The van der Waals surface area contributed by atoms with Gasteiger partial charge >= 0.3 is 5.97 Å². The Morgan fingerprint density at radius 3 is 2.74 bits per heavy atom. The van der Waals surface area contributed by atoms with Gasteiger partial charge in [0.05, 0.1) is 26.2 Å². The van der Waals surface area contributed by atoms with E-state index in [-0.39, 0.29) is 12.4 Å². The predicted molar refractivity (Wildman–Crippen MR) is 76.2 cm³/mol. The third kappa shape index (κ3) is 6.81. The summed E-state index contributed by atoms with van der Waals surface area (Å²) in [4.78, 5) is 15.5. The van der Waals surface area contributed by atoms with Gasteiger partial charge in [-0.2, -0.15) is 0 Å². The molecule has 0 spiro atoms. The van der Waals surface area contributed by atoms with Crippen LogP contribution < -0.4 is 0 Å². The van der Waals surface area contributed by atoms with Crippen molar-refractivity contribution in [3.05, 3.63) is 14.5 Å². The monoisotopic (exact) mass is 305 g/mol. The van der Waals surface area contributed by atoms with Crippen LogP contribution in [0.3, 0.4) is 0 Å². The van der Waals surface area contributed by atoms with Crippen molar-refractivity contribution in [1.29, 1.82) is 0 Å². The van der Waals surface area contributed by atoms with E-state index in [1.54, 1.807) is 7.11 Å². The average molecular weight is 305 g/mol. The van der Waals surface area contributed by atoms with E-state index in [2.05, 4.69) is 4.98 Å². The van der Waals surface area contributed by atoms with Gasteiger partial charge in [-0.15, -0.1) is 11.3 Å². The van der Waals surface area contributed by atoms with E-state index >= 15 is 0 Å². The predicted octanol–water partition coefficient (Wildman–Crippen LogP) is 2.25. The molecule has 0 amide bonds. The fourth-order valence-corrected chi connectivity index (χ4v) is 2.66. The lowest BCUT2D eigenvalue weighted by Gasteiger charge is -2.05. The molecule has 0 atom stereocenters. The van der Waals surface area contributed by atoms with E-state index < -0.39 is 0 Å². The number of H-pyrrole nitrogens is 1. The van der Waals surface area contributed by atoms with Crippen molar-refractivity contribution in [2.24, 2.45) is 0 Å². The molecule has 0 saturated heterocycles. The van der Waals surface area contributed by atoms with Gasteiger partial charge in [0.2, 0.25) is 0 Å². The van der Waals surface area contributed by atoms with Crippen LogP contribution in [-0.4, -0.2) is 44.5 Å². The van der Waals surface area contributed by atoms with Crippen molar-refractivity contribution in [1.82, 2.24) is 4.98 Å². The van der Waals surface area contributed by atoms with Crippen molar-refractivity contribution < 1.29 is 19.0 Å². The van der Waals surface area contributed by atoms with Gasteiger partial charge in [0.1, 0.15) is 0 Å². The summed E-state index contributed by atoms with van der Waals surface area (Å²) in [5.74, 6) is -0.231. The van der Waals surface area contributed by atoms with E-state index in [1.165, 1.54) is 11.3 Å². The van der Waals surface area contributed by atoms with Gasteiger partial charge in [-0.1, -0.05) is 0 Å². The molecule has 0 radical (unpaired) electrons. The summed E-state index contributed by atoms with van der Waals surface area (Å²) < 4.78 is 15.9. The molecule has 1 heterocycles. The third-order valence-corrected chi connectivity index (χ3v) is 3.69. The van der Waals surface area contributed by atoms with Crippen LogP contribution >= 0.6 is 23.6 Å². The number of esters is 1. The first kappa shape index (κ1) is 16.3. The van der Waals surface area contributed by atoms with Crippen LogP contribution in [0.1, 0.15) is 17.0 Å². The van der Waals surface area contributed by atoms with Crippen LogP contribution in [0.2, 0.25) is 0 Å². The number of aryl methyl sites for hydroxylation is 1. The normalized spacial score (nSPS) is 10.6. The highest BCUT2D eigenvalue weighted by atomic mass is 32.1. The zero-order chi connectivity index (χ0) is 14.1. The van der Waals surface area contributed by atoms with Crippen molar-refractivity contribution in [2.75, 3.05) is 33.5 Å². The van der Waals surface area contributed by atoms with Gasteiger partial charge in [-0.05, 0) is 19.1 Å². The number of carbonyl (C=O) groups is 1. The van der Waals surface area contributed by atoms with Crippen molar-refractivity contribution in [2.45, 2.75) is 19.8 Å². The minimum absolute atomic E-state index is 0.231. The summed E-state index contributed by atoms with van der Waals surface area (Å²) in [7, 11) is 1.63. The summed E-state index contributed by atoms with van der Waals surface area (Å²) in [5, 5.41) is 0. The highest BCUT2D eigenvalue weighted by Crippen LogP contribution is 2.15. The van der Waals surface area contributed by atoms with E-state index in [9.17, 15) is 4.79 Å². The fraction of sp³-hybridized carbons (Fsp3) is 0.667. The topological polar surface area (TPSA) is 60.6 Å². The van der Waals surface area contributed by atoms with Gasteiger partial charge < -0.3 is 19.2 Å². The molecule has 1 aromatic heterocycles. The van der Waals surface area contributed by atoms with Crippen LogP contribution in [0.15, 0.2) is 0 Å². The molecule has 0 bridgehead atoms. The summed E-state index contributed by atoms with van der Waals surface area (Å²) >= 11 is 6.43. The number of nitrogens with one attached hydrogen (secondary N) is 1. The number of aromatic amines is 1. The van der Waals surface area contributed by atoms with Crippen LogP contribution in [-0.2, 0) is 25.4 Å². The molecule has 7 heteroatoms. The van der Waals surface area contributed by atoms with Crippen molar-refractivity contribution in [3.63, 3.8) is 0 Å². The highest BCUT2D eigenvalue weighted by Gasteiger charge is 2.09. The van der Waals surface area contributed by atoms with E-state index in [0.717, 1.165) is 10.6 Å². The number of carbonyl (C=O) groups excluding carboxylic acids is 1. The molecule has 1 aromatic rings. The molecule has 0 saturated carbocycles. The molecule has 1 N–H and O–H groups in total. The second-order valence-corrected chi connectivity index (χ2v) is 5.69. The number of rotatable bonds is 9. The molecule has 0 aromatic carbocycles. The van der Waals surface area contributed by atoms with Crippen LogP contribution in [0.5, 0.6) is 0 Å². The minimum Gasteiger partial charge on any atom is -0.465 e. The second-order valence-electron chi connectivity index (χ2n) is 3.92. The van der Waals surface area contributed by atoms with Crippen LogP contribution in [0, 0.1) is 10.9 Å².